The van der Waals surface area contributed by atoms with E-state index >= 15 is 0 Å². The minimum absolute atomic E-state index is 0.0994. The molecule has 102 valence electrons. The number of nitrogens with one attached hydrogen (secondary N) is 1. The Bertz CT molecular complexity index is 772. The lowest BCUT2D eigenvalue weighted by atomic mass is 9.99. The summed E-state index contributed by atoms with van der Waals surface area (Å²) >= 11 is 0. The van der Waals surface area contributed by atoms with Gasteiger partial charge in [-0.2, -0.15) is 13.2 Å². The molecule has 0 atom stereocenters. The van der Waals surface area contributed by atoms with Gasteiger partial charge >= 0.3 is 6.18 Å². The Morgan fingerprint density at radius 2 is 1.80 bits per heavy atom. The molecule has 0 aliphatic rings. The van der Waals surface area contributed by atoms with Crippen LogP contribution in [-0.4, -0.2) is 4.98 Å². The average molecular weight is 276 g/mol. The fourth-order valence-electron chi connectivity index (χ4n) is 2.31. The molecule has 0 saturated carbocycles. The predicted octanol–water partition coefficient (Wildman–Crippen LogP) is 4.44. The molecule has 0 unspecified atom stereocenters. The Morgan fingerprint density at radius 1 is 1.00 bits per heavy atom. The third-order valence-electron chi connectivity index (χ3n) is 3.19. The van der Waals surface area contributed by atoms with Crippen molar-refractivity contribution in [3.05, 3.63) is 54.2 Å². The Labute approximate surface area is 113 Å². The largest absolute Gasteiger partial charge is 0.416 e. The standard InChI is InChI=1S/C15H11F3N2/c16-15(17,18)10-6-9(7-11(19)8-10)12-2-1-3-14-13(12)4-5-20-14/h1-8,20H,19H2. The molecule has 2 aromatic carbocycles. The summed E-state index contributed by atoms with van der Waals surface area (Å²) in [6.07, 6.45) is -2.65. The van der Waals surface area contributed by atoms with E-state index in [4.69, 9.17) is 5.73 Å². The van der Waals surface area contributed by atoms with Gasteiger partial charge in [-0.3, -0.25) is 0 Å². The van der Waals surface area contributed by atoms with Crippen molar-refractivity contribution in [1.82, 2.24) is 4.98 Å². The third kappa shape index (κ3) is 2.11. The molecule has 0 radical (unpaired) electrons. The lowest BCUT2D eigenvalue weighted by Crippen LogP contribution is -2.06. The first-order valence-electron chi connectivity index (χ1n) is 5.99. The molecule has 0 aliphatic heterocycles. The molecular weight excluding hydrogens is 265 g/mol. The predicted molar refractivity (Wildman–Crippen MR) is 73.1 cm³/mol. The summed E-state index contributed by atoms with van der Waals surface area (Å²) in [6, 6.07) is 10.9. The molecule has 20 heavy (non-hydrogen) atoms. The van der Waals surface area contributed by atoms with Crippen molar-refractivity contribution in [3.63, 3.8) is 0 Å². The van der Waals surface area contributed by atoms with Crippen molar-refractivity contribution in [1.29, 1.82) is 0 Å². The number of nitrogen functional groups attached to an aromatic ring is 1. The zero-order chi connectivity index (χ0) is 14.3. The number of H-pyrrole nitrogens is 1. The zero-order valence-corrected chi connectivity index (χ0v) is 10.3. The van der Waals surface area contributed by atoms with Gasteiger partial charge in [0.15, 0.2) is 0 Å². The van der Waals surface area contributed by atoms with Crippen molar-refractivity contribution in [3.8, 4) is 11.1 Å². The molecular formula is C15H11F3N2. The minimum atomic E-state index is -4.41. The number of rotatable bonds is 1. The van der Waals surface area contributed by atoms with Gasteiger partial charge in [-0.05, 0) is 41.5 Å². The first-order valence-corrected chi connectivity index (χ1v) is 5.99. The zero-order valence-electron chi connectivity index (χ0n) is 10.3. The molecule has 0 aliphatic carbocycles. The van der Waals surface area contributed by atoms with Crippen molar-refractivity contribution in [2.45, 2.75) is 6.18 Å². The summed E-state index contributed by atoms with van der Waals surface area (Å²) < 4.78 is 38.6. The first-order chi connectivity index (χ1) is 9.45. The van der Waals surface area contributed by atoms with Crippen molar-refractivity contribution in [2.24, 2.45) is 0 Å². The Kier molecular flexibility index (Phi) is 2.71. The maximum Gasteiger partial charge on any atom is 0.416 e. The summed E-state index contributed by atoms with van der Waals surface area (Å²) in [5.74, 6) is 0. The maximum atomic E-state index is 12.9. The molecule has 2 nitrogen and oxygen atoms in total. The van der Waals surface area contributed by atoms with E-state index in [0.29, 0.717) is 5.56 Å². The van der Waals surface area contributed by atoms with Gasteiger partial charge in [0.05, 0.1) is 5.56 Å². The number of hydrogen-bond acceptors (Lipinski definition) is 1. The molecule has 3 N–H and O–H groups in total. The van der Waals surface area contributed by atoms with Crippen LogP contribution in [0, 0.1) is 0 Å². The Morgan fingerprint density at radius 3 is 2.55 bits per heavy atom. The highest BCUT2D eigenvalue weighted by Gasteiger charge is 2.31. The Hall–Kier alpha value is -2.43. The lowest BCUT2D eigenvalue weighted by Gasteiger charge is -2.11. The van der Waals surface area contributed by atoms with Crippen molar-refractivity contribution < 1.29 is 13.2 Å². The summed E-state index contributed by atoms with van der Waals surface area (Å²) in [5.41, 5.74) is 7.03. The van der Waals surface area contributed by atoms with Gasteiger partial charge in [0, 0.05) is 22.8 Å². The molecule has 3 rings (SSSR count). The van der Waals surface area contributed by atoms with Gasteiger partial charge in [0.2, 0.25) is 0 Å². The van der Waals surface area contributed by atoms with E-state index in [1.807, 2.05) is 12.1 Å². The fourth-order valence-corrected chi connectivity index (χ4v) is 2.31. The molecule has 1 aromatic heterocycles. The second kappa shape index (κ2) is 4.30. The number of halogens is 3. The highest BCUT2D eigenvalue weighted by atomic mass is 19.4. The molecule has 0 saturated heterocycles. The van der Waals surface area contributed by atoms with E-state index in [0.717, 1.165) is 28.6 Å². The van der Waals surface area contributed by atoms with Gasteiger partial charge in [0.25, 0.3) is 0 Å². The van der Waals surface area contributed by atoms with Gasteiger partial charge in [-0.25, -0.2) is 0 Å². The van der Waals surface area contributed by atoms with Crippen LogP contribution >= 0.6 is 0 Å². The second-order valence-electron chi connectivity index (χ2n) is 4.59. The molecule has 0 fully saturated rings. The van der Waals surface area contributed by atoms with Crippen LogP contribution in [0.2, 0.25) is 0 Å². The Balaban J connectivity index is 2.24. The molecule has 3 aromatic rings. The first kappa shape index (κ1) is 12.6. The number of aromatic amines is 1. The molecule has 0 amide bonds. The van der Waals surface area contributed by atoms with Crippen LogP contribution < -0.4 is 5.73 Å². The van der Waals surface area contributed by atoms with Crippen molar-refractivity contribution in [2.75, 3.05) is 5.73 Å². The summed E-state index contributed by atoms with van der Waals surface area (Å²) in [4.78, 5) is 3.04. The number of aromatic nitrogens is 1. The van der Waals surface area contributed by atoms with Gasteiger partial charge in [-0.1, -0.05) is 12.1 Å². The molecule has 1 heterocycles. The molecule has 5 heteroatoms. The topological polar surface area (TPSA) is 41.8 Å². The lowest BCUT2D eigenvalue weighted by molar-refractivity contribution is -0.137. The second-order valence-corrected chi connectivity index (χ2v) is 4.59. The van der Waals surface area contributed by atoms with Crippen LogP contribution in [0.3, 0.4) is 0 Å². The number of anilines is 1. The normalized spacial score (nSPS) is 11.9. The van der Waals surface area contributed by atoms with Crippen LogP contribution in [0.1, 0.15) is 5.56 Å². The minimum Gasteiger partial charge on any atom is -0.399 e. The van der Waals surface area contributed by atoms with Gasteiger partial charge in [-0.15, -0.1) is 0 Å². The van der Waals surface area contributed by atoms with E-state index in [2.05, 4.69) is 4.98 Å². The SMILES string of the molecule is Nc1cc(-c2cccc3[nH]ccc23)cc(C(F)(F)F)c1. The molecule has 0 bridgehead atoms. The third-order valence-corrected chi connectivity index (χ3v) is 3.19. The number of fused-ring (bicyclic) bond motifs is 1. The monoisotopic (exact) mass is 276 g/mol. The summed E-state index contributed by atoms with van der Waals surface area (Å²) in [7, 11) is 0. The fraction of sp³-hybridized carbons (Fsp3) is 0.0667. The van der Waals surface area contributed by atoms with Crippen LogP contribution in [-0.2, 0) is 6.18 Å². The average Bonchev–Trinajstić information content (AvgIpc) is 2.84. The summed E-state index contributed by atoms with van der Waals surface area (Å²) in [6.45, 7) is 0. The number of hydrogen-bond donors (Lipinski definition) is 2. The van der Waals surface area contributed by atoms with Crippen LogP contribution in [0.4, 0.5) is 18.9 Å². The van der Waals surface area contributed by atoms with Gasteiger partial charge in [0.1, 0.15) is 0 Å². The van der Waals surface area contributed by atoms with E-state index in [-0.39, 0.29) is 5.69 Å². The number of alkyl halides is 3. The molecule has 0 spiro atoms. The van der Waals surface area contributed by atoms with Gasteiger partial charge < -0.3 is 10.7 Å². The highest BCUT2D eigenvalue weighted by Crippen LogP contribution is 2.36. The smallest absolute Gasteiger partial charge is 0.399 e. The number of benzene rings is 2. The van der Waals surface area contributed by atoms with Crippen LogP contribution in [0.15, 0.2) is 48.7 Å². The number of nitrogens with two attached hydrogens (primary N) is 1. The quantitative estimate of drug-likeness (QED) is 0.634. The maximum absolute atomic E-state index is 12.9. The van der Waals surface area contributed by atoms with Crippen LogP contribution in [0.5, 0.6) is 0 Å². The summed E-state index contributed by atoms with van der Waals surface area (Å²) in [5, 5.41) is 0.867. The highest BCUT2D eigenvalue weighted by molar-refractivity contribution is 5.95. The van der Waals surface area contributed by atoms with Crippen molar-refractivity contribution >= 4 is 16.6 Å². The van der Waals surface area contributed by atoms with E-state index in [1.54, 1.807) is 24.4 Å². The van der Waals surface area contributed by atoms with E-state index in [9.17, 15) is 13.2 Å². The van der Waals surface area contributed by atoms with E-state index < -0.39 is 11.7 Å². The van der Waals surface area contributed by atoms with Crippen LogP contribution in [0.25, 0.3) is 22.0 Å². The van der Waals surface area contributed by atoms with E-state index in [1.165, 1.54) is 0 Å².